The lowest BCUT2D eigenvalue weighted by molar-refractivity contribution is -0.170. The van der Waals surface area contributed by atoms with E-state index in [1.54, 1.807) is 0 Å². The highest BCUT2D eigenvalue weighted by molar-refractivity contribution is 4.89. The zero-order valence-corrected chi connectivity index (χ0v) is 11.2. The molecule has 18 heavy (non-hydrogen) atoms. The molecule has 2 unspecified atom stereocenters. The molecular formula is C14H25NO3. The molecule has 4 nitrogen and oxygen atoms in total. The highest BCUT2D eigenvalue weighted by Gasteiger charge is 2.39. The Balaban J connectivity index is 1.47. The molecule has 0 aromatic heterocycles. The fraction of sp³-hybridized carbons (Fsp3) is 1.00. The summed E-state index contributed by atoms with van der Waals surface area (Å²) in [5.41, 5.74) is 0.0598. The lowest BCUT2D eigenvalue weighted by atomic mass is 9.85. The number of hydrogen-bond acceptors (Lipinski definition) is 4. The van der Waals surface area contributed by atoms with E-state index in [1.165, 1.54) is 12.8 Å². The summed E-state index contributed by atoms with van der Waals surface area (Å²) in [6.45, 7) is 4.57. The molecule has 2 atom stereocenters. The molecule has 3 aliphatic rings. The first-order valence-electron chi connectivity index (χ1n) is 7.43. The molecule has 4 heteroatoms. The molecule has 0 radical (unpaired) electrons. The molecule has 0 amide bonds. The number of hydrogen-bond donors (Lipinski definition) is 1. The summed E-state index contributed by atoms with van der Waals surface area (Å²) < 4.78 is 17.6. The fourth-order valence-electron chi connectivity index (χ4n) is 3.37. The molecule has 0 aromatic carbocycles. The third-order valence-electron chi connectivity index (χ3n) is 4.55. The Morgan fingerprint density at radius 1 is 1.17 bits per heavy atom. The highest BCUT2D eigenvalue weighted by Crippen LogP contribution is 2.35. The first kappa shape index (κ1) is 12.9. The Hall–Kier alpha value is -0.160. The zero-order valence-electron chi connectivity index (χ0n) is 11.2. The molecule has 3 saturated heterocycles. The van der Waals surface area contributed by atoms with Crippen molar-refractivity contribution in [3.8, 4) is 0 Å². The normalized spacial score (nSPS) is 36.0. The van der Waals surface area contributed by atoms with Crippen LogP contribution in [-0.2, 0) is 14.2 Å². The van der Waals surface area contributed by atoms with Crippen LogP contribution in [0.3, 0.4) is 0 Å². The van der Waals surface area contributed by atoms with E-state index in [9.17, 15) is 0 Å². The monoisotopic (exact) mass is 255 g/mol. The van der Waals surface area contributed by atoms with Crippen LogP contribution in [0.2, 0.25) is 0 Å². The summed E-state index contributed by atoms with van der Waals surface area (Å²) in [4.78, 5) is 0. The van der Waals surface area contributed by atoms with Gasteiger partial charge < -0.3 is 19.5 Å². The Bertz CT molecular complexity index is 254. The molecular weight excluding hydrogens is 230 g/mol. The van der Waals surface area contributed by atoms with Crippen LogP contribution >= 0.6 is 0 Å². The van der Waals surface area contributed by atoms with E-state index in [4.69, 9.17) is 14.2 Å². The van der Waals surface area contributed by atoms with Crippen LogP contribution in [-0.4, -0.2) is 50.7 Å². The second-order valence-corrected chi connectivity index (χ2v) is 5.89. The van der Waals surface area contributed by atoms with Gasteiger partial charge in [0.2, 0.25) is 0 Å². The van der Waals surface area contributed by atoms with Gasteiger partial charge in [0.25, 0.3) is 0 Å². The first-order valence-corrected chi connectivity index (χ1v) is 7.43. The minimum Gasteiger partial charge on any atom is -0.381 e. The van der Waals surface area contributed by atoms with Crippen LogP contribution in [0.4, 0.5) is 0 Å². The molecule has 3 rings (SSSR count). The van der Waals surface area contributed by atoms with Crippen LogP contribution in [0.1, 0.15) is 38.5 Å². The summed E-state index contributed by atoms with van der Waals surface area (Å²) in [6, 6.07) is 0.582. The maximum Gasteiger partial charge on any atom is 0.0751 e. The van der Waals surface area contributed by atoms with Gasteiger partial charge in [0.15, 0.2) is 0 Å². The number of rotatable bonds is 3. The van der Waals surface area contributed by atoms with E-state index in [0.29, 0.717) is 12.1 Å². The van der Waals surface area contributed by atoms with E-state index in [2.05, 4.69) is 5.32 Å². The summed E-state index contributed by atoms with van der Waals surface area (Å²) >= 11 is 0. The van der Waals surface area contributed by atoms with Crippen molar-refractivity contribution in [2.45, 2.75) is 56.3 Å². The van der Waals surface area contributed by atoms with Crippen molar-refractivity contribution in [2.24, 2.45) is 0 Å². The van der Waals surface area contributed by atoms with Gasteiger partial charge in [-0.05, 0) is 38.6 Å². The van der Waals surface area contributed by atoms with Crippen LogP contribution in [0.5, 0.6) is 0 Å². The third-order valence-corrected chi connectivity index (χ3v) is 4.55. The van der Waals surface area contributed by atoms with Crippen molar-refractivity contribution < 1.29 is 14.2 Å². The van der Waals surface area contributed by atoms with Gasteiger partial charge in [-0.25, -0.2) is 0 Å². The maximum absolute atomic E-state index is 6.11. The van der Waals surface area contributed by atoms with E-state index in [1.807, 2.05) is 0 Å². The molecule has 1 N–H and O–H groups in total. The molecule has 3 aliphatic heterocycles. The van der Waals surface area contributed by atoms with Gasteiger partial charge in [-0.3, -0.25) is 0 Å². The summed E-state index contributed by atoms with van der Waals surface area (Å²) in [6.07, 6.45) is 7.13. The van der Waals surface area contributed by atoms with Gasteiger partial charge in [0, 0.05) is 32.3 Å². The minimum absolute atomic E-state index is 0.0598. The van der Waals surface area contributed by atoms with Gasteiger partial charge in [-0.2, -0.15) is 0 Å². The quantitative estimate of drug-likeness (QED) is 0.829. The summed E-state index contributed by atoms with van der Waals surface area (Å²) in [5.74, 6) is 0. The molecule has 104 valence electrons. The Morgan fingerprint density at radius 2 is 2.06 bits per heavy atom. The van der Waals surface area contributed by atoms with Crippen LogP contribution in [0, 0.1) is 0 Å². The zero-order chi connectivity index (χ0) is 12.3. The van der Waals surface area contributed by atoms with Gasteiger partial charge in [-0.15, -0.1) is 0 Å². The molecule has 3 heterocycles. The number of ether oxygens (including phenoxy) is 3. The van der Waals surface area contributed by atoms with Gasteiger partial charge >= 0.3 is 0 Å². The van der Waals surface area contributed by atoms with Gasteiger partial charge in [-0.1, -0.05) is 0 Å². The third kappa shape index (κ3) is 3.05. The van der Waals surface area contributed by atoms with Crippen LogP contribution < -0.4 is 5.32 Å². The van der Waals surface area contributed by atoms with E-state index < -0.39 is 0 Å². The predicted molar refractivity (Wildman–Crippen MR) is 68.7 cm³/mol. The fourth-order valence-corrected chi connectivity index (χ4v) is 3.37. The van der Waals surface area contributed by atoms with E-state index in [-0.39, 0.29) is 5.60 Å². The number of nitrogens with one attached hydrogen (secondary N) is 1. The van der Waals surface area contributed by atoms with E-state index in [0.717, 1.165) is 58.7 Å². The van der Waals surface area contributed by atoms with Crippen molar-refractivity contribution in [1.82, 2.24) is 5.32 Å². The lowest BCUT2D eigenvalue weighted by Gasteiger charge is -2.43. The van der Waals surface area contributed by atoms with Crippen molar-refractivity contribution in [3.05, 3.63) is 0 Å². The average Bonchev–Trinajstić information content (AvgIpc) is 2.91. The van der Waals surface area contributed by atoms with Gasteiger partial charge in [0.05, 0.1) is 18.3 Å². The van der Waals surface area contributed by atoms with Crippen LogP contribution in [0.25, 0.3) is 0 Å². The molecule has 0 aliphatic carbocycles. The van der Waals surface area contributed by atoms with E-state index >= 15 is 0 Å². The van der Waals surface area contributed by atoms with Crippen molar-refractivity contribution in [2.75, 3.05) is 33.0 Å². The Kier molecular flexibility index (Phi) is 4.19. The Morgan fingerprint density at radius 3 is 2.83 bits per heavy atom. The smallest absolute Gasteiger partial charge is 0.0751 e. The standard InChI is InChI=1S/C14H25NO3/c1-2-12(15-6-1)11-17-13-3-7-18-14(10-13)4-8-16-9-5-14/h12-13,15H,1-11H2. The molecule has 1 spiro atoms. The van der Waals surface area contributed by atoms with Gasteiger partial charge in [0.1, 0.15) is 0 Å². The highest BCUT2D eigenvalue weighted by atomic mass is 16.5. The first-order chi connectivity index (χ1) is 8.86. The maximum atomic E-state index is 6.11. The minimum atomic E-state index is 0.0598. The SMILES string of the molecule is C1CNC(COC2CCOC3(CCOCC3)C2)C1. The second kappa shape index (κ2) is 5.87. The van der Waals surface area contributed by atoms with Crippen molar-refractivity contribution >= 4 is 0 Å². The van der Waals surface area contributed by atoms with Crippen molar-refractivity contribution in [3.63, 3.8) is 0 Å². The molecule has 3 fully saturated rings. The molecule has 0 bridgehead atoms. The molecule has 0 saturated carbocycles. The summed E-state index contributed by atoms with van der Waals surface area (Å²) in [5, 5.41) is 3.49. The largest absolute Gasteiger partial charge is 0.381 e. The van der Waals surface area contributed by atoms with Crippen LogP contribution in [0.15, 0.2) is 0 Å². The topological polar surface area (TPSA) is 39.7 Å². The second-order valence-electron chi connectivity index (χ2n) is 5.89. The summed E-state index contributed by atoms with van der Waals surface area (Å²) in [7, 11) is 0. The average molecular weight is 255 g/mol. The predicted octanol–water partition coefficient (Wildman–Crippen LogP) is 1.48. The lowest BCUT2D eigenvalue weighted by Crippen LogP contribution is -2.47. The Labute approximate surface area is 109 Å². The van der Waals surface area contributed by atoms with Crippen molar-refractivity contribution in [1.29, 1.82) is 0 Å². The molecule has 0 aromatic rings.